The standard InChI is InChI=1S/C12H9ClN4/c1-14-8-9-2-4-10(5-3-9)16-12-15-7-6-11(13)17-12/h2-7H,1H3/p+1. The molecule has 0 radical (unpaired) electrons. The Hall–Kier alpha value is -2.12. The number of hydrogen-bond acceptors (Lipinski definition) is 3. The monoisotopic (exact) mass is 245 g/mol. The topological polar surface area (TPSA) is 42.2 Å². The maximum absolute atomic E-state index is 5.76. The van der Waals surface area contributed by atoms with E-state index in [1.54, 1.807) is 19.3 Å². The first-order chi connectivity index (χ1) is 8.28. The van der Waals surface area contributed by atoms with Crippen molar-refractivity contribution in [3.05, 3.63) is 52.1 Å². The van der Waals surface area contributed by atoms with Gasteiger partial charge in [0.05, 0.1) is 0 Å². The third-order valence-corrected chi connectivity index (χ3v) is 2.21. The quantitative estimate of drug-likeness (QED) is 0.827. The molecule has 84 valence electrons. The first-order valence-electron chi connectivity index (χ1n) is 4.98. The van der Waals surface area contributed by atoms with E-state index in [2.05, 4.69) is 26.2 Å². The first-order valence-corrected chi connectivity index (χ1v) is 5.36. The Morgan fingerprint density at radius 3 is 2.65 bits per heavy atom. The van der Waals surface area contributed by atoms with Crippen molar-refractivity contribution < 1.29 is 0 Å². The van der Waals surface area contributed by atoms with Crippen LogP contribution in [0.25, 0.3) is 4.85 Å². The Kier molecular flexibility index (Phi) is 3.53. The third kappa shape index (κ3) is 3.16. The fourth-order valence-corrected chi connectivity index (χ4v) is 1.42. The van der Waals surface area contributed by atoms with Crippen LogP contribution in [-0.4, -0.2) is 17.0 Å². The number of nitrogens with zero attached hydrogens (tertiary/aromatic N) is 3. The summed E-state index contributed by atoms with van der Waals surface area (Å²) in [5, 5.41) is 3.46. The molecule has 0 spiro atoms. The lowest BCUT2D eigenvalue weighted by Gasteiger charge is -2.03. The van der Waals surface area contributed by atoms with E-state index in [4.69, 9.17) is 11.6 Å². The number of nitrogens with one attached hydrogen (secondary N) is 1. The Morgan fingerprint density at radius 1 is 1.24 bits per heavy atom. The maximum atomic E-state index is 5.76. The number of anilines is 2. The van der Waals surface area contributed by atoms with Gasteiger partial charge >= 0.3 is 6.07 Å². The Labute approximate surface area is 104 Å². The number of halogens is 1. The van der Waals surface area contributed by atoms with E-state index >= 15 is 0 Å². The zero-order chi connectivity index (χ0) is 12.1. The SMILES string of the molecule is C[N+]#Cc1ccc(Nc2nccc(Cl)n2)cc1. The molecule has 5 heteroatoms. The Bertz CT molecular complexity index is 569. The molecule has 0 aliphatic rings. The molecule has 1 aromatic heterocycles. The van der Waals surface area contributed by atoms with Gasteiger partial charge in [-0.3, -0.25) is 0 Å². The van der Waals surface area contributed by atoms with Crippen LogP contribution < -0.4 is 5.32 Å². The minimum atomic E-state index is 0.408. The molecule has 0 saturated heterocycles. The van der Waals surface area contributed by atoms with Gasteiger partial charge < -0.3 is 5.32 Å². The molecule has 0 fully saturated rings. The van der Waals surface area contributed by atoms with Gasteiger partial charge in [-0.25, -0.2) is 9.97 Å². The minimum Gasteiger partial charge on any atom is -0.324 e. The number of benzene rings is 1. The van der Waals surface area contributed by atoms with Crippen LogP contribution in [0.3, 0.4) is 0 Å². The van der Waals surface area contributed by atoms with Gasteiger partial charge in [0.25, 0.3) is 7.05 Å². The molecule has 1 aromatic carbocycles. The van der Waals surface area contributed by atoms with Crippen molar-refractivity contribution in [3.8, 4) is 6.07 Å². The molecule has 0 saturated carbocycles. The van der Waals surface area contributed by atoms with E-state index in [-0.39, 0.29) is 0 Å². The summed E-state index contributed by atoms with van der Waals surface area (Å²) < 4.78 is 0. The molecule has 0 aliphatic carbocycles. The van der Waals surface area contributed by atoms with Gasteiger partial charge in [0.15, 0.2) is 0 Å². The number of hydrogen-bond donors (Lipinski definition) is 1. The predicted molar refractivity (Wildman–Crippen MR) is 69.0 cm³/mol. The molecule has 0 bridgehead atoms. The zero-order valence-electron chi connectivity index (χ0n) is 9.18. The molecule has 17 heavy (non-hydrogen) atoms. The van der Waals surface area contributed by atoms with Crippen molar-refractivity contribution >= 4 is 23.2 Å². The van der Waals surface area contributed by atoms with Crippen LogP contribution >= 0.6 is 11.6 Å². The van der Waals surface area contributed by atoms with Crippen molar-refractivity contribution in [3.63, 3.8) is 0 Å². The summed E-state index contributed by atoms with van der Waals surface area (Å²) in [5.74, 6) is 0.471. The molecule has 0 unspecified atom stereocenters. The lowest BCUT2D eigenvalue weighted by molar-refractivity contribution is 1.17. The van der Waals surface area contributed by atoms with Crippen LogP contribution in [-0.2, 0) is 0 Å². The Morgan fingerprint density at radius 2 is 2.00 bits per heavy atom. The van der Waals surface area contributed by atoms with E-state index in [0.717, 1.165) is 11.3 Å². The normalized spacial score (nSPS) is 9.29. The van der Waals surface area contributed by atoms with Gasteiger partial charge in [-0.05, 0) is 30.3 Å². The van der Waals surface area contributed by atoms with Crippen molar-refractivity contribution in [2.24, 2.45) is 0 Å². The van der Waals surface area contributed by atoms with Crippen LogP contribution in [0, 0.1) is 6.07 Å². The lowest BCUT2D eigenvalue weighted by atomic mass is 10.2. The van der Waals surface area contributed by atoms with Gasteiger partial charge in [0.1, 0.15) is 10.7 Å². The summed E-state index contributed by atoms with van der Waals surface area (Å²) in [6.07, 6.45) is 1.60. The summed E-state index contributed by atoms with van der Waals surface area (Å²) in [5.41, 5.74) is 1.80. The maximum Gasteiger partial charge on any atom is 0.310 e. The predicted octanol–water partition coefficient (Wildman–Crippen LogP) is 3.18. The molecule has 2 rings (SSSR count). The van der Waals surface area contributed by atoms with Gasteiger partial charge in [0, 0.05) is 11.9 Å². The summed E-state index contributed by atoms with van der Waals surface area (Å²) in [6, 6.07) is 12.1. The zero-order valence-corrected chi connectivity index (χ0v) is 9.94. The number of rotatable bonds is 2. The van der Waals surface area contributed by atoms with Gasteiger partial charge in [-0.15, -0.1) is 0 Å². The highest BCUT2D eigenvalue weighted by molar-refractivity contribution is 6.29. The molecular weight excluding hydrogens is 236 g/mol. The summed E-state index contributed by atoms with van der Waals surface area (Å²) >= 11 is 5.76. The van der Waals surface area contributed by atoms with Gasteiger partial charge in [0.2, 0.25) is 5.95 Å². The van der Waals surface area contributed by atoms with Crippen molar-refractivity contribution in [1.82, 2.24) is 9.97 Å². The van der Waals surface area contributed by atoms with Gasteiger partial charge in [-0.1, -0.05) is 16.4 Å². The molecule has 0 amide bonds. The van der Waals surface area contributed by atoms with E-state index in [9.17, 15) is 0 Å². The largest absolute Gasteiger partial charge is 0.324 e. The second kappa shape index (κ2) is 5.28. The van der Waals surface area contributed by atoms with Crippen LogP contribution in [0.2, 0.25) is 5.15 Å². The van der Waals surface area contributed by atoms with E-state index in [0.29, 0.717) is 11.1 Å². The van der Waals surface area contributed by atoms with Crippen molar-refractivity contribution in [2.45, 2.75) is 0 Å². The first kappa shape index (κ1) is 11.4. The van der Waals surface area contributed by atoms with Crippen molar-refractivity contribution in [1.29, 1.82) is 0 Å². The summed E-state index contributed by atoms with van der Waals surface area (Å²) in [7, 11) is 1.69. The molecule has 4 nitrogen and oxygen atoms in total. The highest BCUT2D eigenvalue weighted by Crippen LogP contribution is 2.14. The van der Waals surface area contributed by atoms with Crippen LogP contribution in [0.1, 0.15) is 5.56 Å². The fraction of sp³-hybridized carbons (Fsp3) is 0.0833. The Balaban J connectivity index is 2.15. The minimum absolute atomic E-state index is 0.408. The molecular formula is C12H10ClN4+. The smallest absolute Gasteiger partial charge is 0.310 e. The fourth-order valence-electron chi connectivity index (χ4n) is 1.28. The highest BCUT2D eigenvalue weighted by atomic mass is 35.5. The highest BCUT2D eigenvalue weighted by Gasteiger charge is 1.99. The average Bonchev–Trinajstić information content (AvgIpc) is 2.32. The second-order valence-corrected chi connectivity index (χ2v) is 3.63. The second-order valence-electron chi connectivity index (χ2n) is 3.24. The van der Waals surface area contributed by atoms with Gasteiger partial charge in [-0.2, -0.15) is 0 Å². The van der Waals surface area contributed by atoms with Crippen molar-refractivity contribution in [2.75, 3.05) is 12.4 Å². The molecule has 0 atom stereocenters. The summed E-state index contributed by atoms with van der Waals surface area (Å²) in [6.45, 7) is 0. The van der Waals surface area contributed by atoms with Crippen LogP contribution in [0.15, 0.2) is 36.5 Å². The van der Waals surface area contributed by atoms with E-state index in [1.807, 2.05) is 24.3 Å². The average molecular weight is 246 g/mol. The van der Waals surface area contributed by atoms with E-state index in [1.165, 1.54) is 0 Å². The molecule has 1 N–H and O–H groups in total. The molecule has 2 aromatic rings. The van der Waals surface area contributed by atoms with Crippen LogP contribution in [0.4, 0.5) is 11.6 Å². The van der Waals surface area contributed by atoms with E-state index < -0.39 is 0 Å². The third-order valence-electron chi connectivity index (χ3n) is 2.00. The summed E-state index contributed by atoms with van der Waals surface area (Å²) in [4.78, 5) is 11.9. The molecule has 0 aliphatic heterocycles. The van der Waals surface area contributed by atoms with Crippen LogP contribution in [0.5, 0.6) is 0 Å². The lowest BCUT2D eigenvalue weighted by Crippen LogP contribution is -1.96. The molecule has 1 heterocycles. The number of aromatic nitrogens is 2.